The maximum absolute atomic E-state index is 6.80. The monoisotopic (exact) mass is 326 g/mol. The van der Waals surface area contributed by atoms with E-state index >= 15 is 0 Å². The quantitative estimate of drug-likeness (QED) is 0.212. The highest BCUT2D eigenvalue weighted by atomic mass is 28.4. The Morgan fingerprint density at radius 3 is 1.64 bits per heavy atom. The minimum atomic E-state index is -1.67. The number of unbranched alkanes of at least 4 members (excludes halogenated alkanes) is 2. The summed E-state index contributed by atoms with van der Waals surface area (Å²) in [5.41, 5.74) is 0. The Balaban J connectivity index is 4.96. The maximum Gasteiger partial charge on any atom is 0.194 e. The number of allylic oxidation sites excluding steroid dienone is 1. The molecule has 0 aromatic heterocycles. The summed E-state index contributed by atoms with van der Waals surface area (Å²) in [5.74, 6) is 2.21. The van der Waals surface area contributed by atoms with E-state index in [1.54, 1.807) is 0 Å². The zero-order chi connectivity index (χ0) is 17.2. The van der Waals surface area contributed by atoms with Crippen molar-refractivity contribution in [3.63, 3.8) is 0 Å². The number of rotatable bonds is 12. The molecule has 0 rings (SSSR count). The van der Waals surface area contributed by atoms with Gasteiger partial charge in [0.2, 0.25) is 0 Å². The van der Waals surface area contributed by atoms with Crippen molar-refractivity contribution in [1.82, 2.24) is 0 Å². The summed E-state index contributed by atoms with van der Waals surface area (Å²) in [5, 5.41) is 0. The summed E-state index contributed by atoms with van der Waals surface area (Å²) in [6.45, 7) is 18.6. The molecule has 0 radical (unpaired) electrons. The van der Waals surface area contributed by atoms with Crippen molar-refractivity contribution in [2.24, 2.45) is 17.8 Å². The van der Waals surface area contributed by atoms with E-state index in [4.69, 9.17) is 4.43 Å². The van der Waals surface area contributed by atoms with Crippen LogP contribution < -0.4 is 0 Å². The molecule has 0 aromatic carbocycles. The predicted molar refractivity (Wildman–Crippen MR) is 104 cm³/mol. The highest BCUT2D eigenvalue weighted by Gasteiger charge is 2.38. The molecule has 22 heavy (non-hydrogen) atoms. The number of hydrogen-bond donors (Lipinski definition) is 0. The van der Waals surface area contributed by atoms with Crippen LogP contribution >= 0.6 is 0 Å². The minimum absolute atomic E-state index is 0.278. The molecule has 0 heterocycles. The van der Waals surface area contributed by atoms with E-state index in [1.165, 1.54) is 37.4 Å². The van der Waals surface area contributed by atoms with Crippen LogP contribution in [0.2, 0.25) is 18.1 Å². The molecule has 0 aliphatic carbocycles. The van der Waals surface area contributed by atoms with E-state index in [0.29, 0.717) is 0 Å². The van der Waals surface area contributed by atoms with Gasteiger partial charge < -0.3 is 4.43 Å². The Morgan fingerprint density at radius 1 is 0.818 bits per heavy atom. The molecular weight excluding hydrogens is 284 g/mol. The zero-order valence-electron chi connectivity index (χ0n) is 16.6. The molecule has 0 spiro atoms. The standard InChI is InChI=1S/C20H42OSi/c1-9-10-11-12-13-20(8)21-22(14-17(2)3,15-18(4)5)16-19(6)7/h12-13,17-20H,9-11,14-16H2,1-8H3/b13-12+. The highest BCUT2D eigenvalue weighted by Crippen LogP contribution is 2.34. The third-order valence-electron chi connectivity index (χ3n) is 3.91. The molecule has 1 atom stereocenters. The van der Waals surface area contributed by atoms with Gasteiger partial charge in [0.1, 0.15) is 0 Å². The van der Waals surface area contributed by atoms with E-state index in [9.17, 15) is 0 Å². The molecular formula is C20H42OSi. The first-order valence-electron chi connectivity index (χ1n) is 9.55. The molecule has 0 bridgehead atoms. The molecule has 1 nitrogen and oxygen atoms in total. The highest BCUT2D eigenvalue weighted by molar-refractivity contribution is 6.74. The van der Waals surface area contributed by atoms with Crippen LogP contribution in [-0.4, -0.2) is 14.4 Å². The lowest BCUT2D eigenvalue weighted by Gasteiger charge is -2.37. The van der Waals surface area contributed by atoms with E-state index in [1.807, 2.05) is 0 Å². The molecule has 0 N–H and O–H groups in total. The fourth-order valence-electron chi connectivity index (χ4n) is 3.67. The van der Waals surface area contributed by atoms with Gasteiger partial charge in [-0.25, -0.2) is 0 Å². The van der Waals surface area contributed by atoms with E-state index < -0.39 is 8.32 Å². The van der Waals surface area contributed by atoms with Gasteiger partial charge in [-0.15, -0.1) is 0 Å². The van der Waals surface area contributed by atoms with Crippen LogP contribution in [0, 0.1) is 17.8 Å². The van der Waals surface area contributed by atoms with Gasteiger partial charge in [0.05, 0.1) is 6.10 Å². The molecule has 0 aliphatic rings. The normalized spacial score (nSPS) is 14.7. The van der Waals surface area contributed by atoms with Gasteiger partial charge in [-0.3, -0.25) is 0 Å². The van der Waals surface area contributed by atoms with Crippen molar-refractivity contribution in [2.45, 2.75) is 98.9 Å². The van der Waals surface area contributed by atoms with Crippen molar-refractivity contribution >= 4 is 8.32 Å². The smallest absolute Gasteiger partial charge is 0.194 e. The largest absolute Gasteiger partial charge is 0.411 e. The summed E-state index contributed by atoms with van der Waals surface area (Å²) in [6.07, 6.45) is 8.66. The van der Waals surface area contributed by atoms with Crippen molar-refractivity contribution < 1.29 is 4.43 Å². The predicted octanol–water partition coefficient (Wildman–Crippen LogP) is 7.05. The molecule has 0 amide bonds. The summed E-state index contributed by atoms with van der Waals surface area (Å²) in [4.78, 5) is 0. The van der Waals surface area contributed by atoms with Gasteiger partial charge in [-0.1, -0.05) is 73.5 Å². The molecule has 0 fully saturated rings. The van der Waals surface area contributed by atoms with Gasteiger partial charge >= 0.3 is 0 Å². The van der Waals surface area contributed by atoms with Crippen LogP contribution in [0.15, 0.2) is 12.2 Å². The molecule has 0 aliphatic heterocycles. The Labute approximate surface area is 142 Å². The maximum atomic E-state index is 6.80. The van der Waals surface area contributed by atoms with E-state index in [0.717, 1.165) is 17.8 Å². The van der Waals surface area contributed by atoms with Gasteiger partial charge in [-0.05, 0) is 49.2 Å². The molecule has 2 heteroatoms. The summed E-state index contributed by atoms with van der Waals surface area (Å²) in [7, 11) is -1.67. The summed E-state index contributed by atoms with van der Waals surface area (Å²) >= 11 is 0. The van der Waals surface area contributed by atoms with Crippen LogP contribution in [0.5, 0.6) is 0 Å². The molecule has 1 unspecified atom stereocenters. The Hall–Kier alpha value is -0.0831. The average Bonchev–Trinajstić information content (AvgIpc) is 2.31. The van der Waals surface area contributed by atoms with Crippen LogP contribution in [-0.2, 0) is 4.43 Å². The topological polar surface area (TPSA) is 9.23 Å². The molecule has 0 saturated carbocycles. The first-order valence-corrected chi connectivity index (χ1v) is 12.1. The summed E-state index contributed by atoms with van der Waals surface area (Å²) in [6, 6.07) is 3.91. The lowest BCUT2D eigenvalue weighted by atomic mass is 10.2. The molecule has 0 aromatic rings. The van der Waals surface area contributed by atoms with E-state index in [2.05, 4.69) is 67.5 Å². The van der Waals surface area contributed by atoms with Gasteiger partial charge in [0.25, 0.3) is 0 Å². The molecule has 0 saturated heterocycles. The summed E-state index contributed by atoms with van der Waals surface area (Å²) < 4.78 is 6.80. The Morgan fingerprint density at radius 2 is 1.27 bits per heavy atom. The fourth-order valence-corrected chi connectivity index (χ4v) is 9.79. The minimum Gasteiger partial charge on any atom is -0.411 e. The van der Waals surface area contributed by atoms with Crippen LogP contribution in [0.4, 0.5) is 0 Å². The van der Waals surface area contributed by atoms with E-state index in [-0.39, 0.29) is 6.10 Å². The van der Waals surface area contributed by atoms with Crippen molar-refractivity contribution in [3.8, 4) is 0 Å². The Bertz CT molecular complexity index is 268. The van der Waals surface area contributed by atoms with Crippen molar-refractivity contribution in [1.29, 1.82) is 0 Å². The Kier molecular flexibility index (Phi) is 11.4. The SMILES string of the molecule is CCCC/C=C/C(C)O[Si](CC(C)C)(CC(C)C)CC(C)C. The first-order chi connectivity index (χ1) is 10.2. The van der Waals surface area contributed by atoms with Crippen molar-refractivity contribution in [2.75, 3.05) is 0 Å². The number of hydrogen-bond acceptors (Lipinski definition) is 1. The lowest BCUT2D eigenvalue weighted by Crippen LogP contribution is -2.44. The second kappa shape index (κ2) is 11.5. The van der Waals surface area contributed by atoms with Crippen molar-refractivity contribution in [3.05, 3.63) is 12.2 Å². The second-order valence-electron chi connectivity index (χ2n) is 8.37. The fraction of sp³-hybridized carbons (Fsp3) is 0.900. The third kappa shape index (κ3) is 10.6. The average molecular weight is 327 g/mol. The molecule has 132 valence electrons. The second-order valence-corrected chi connectivity index (χ2v) is 12.2. The van der Waals surface area contributed by atoms with Gasteiger partial charge in [0, 0.05) is 0 Å². The lowest BCUT2D eigenvalue weighted by molar-refractivity contribution is 0.240. The van der Waals surface area contributed by atoms with Crippen LogP contribution in [0.3, 0.4) is 0 Å². The first kappa shape index (κ1) is 21.9. The zero-order valence-corrected chi connectivity index (χ0v) is 17.6. The van der Waals surface area contributed by atoms with Crippen LogP contribution in [0.25, 0.3) is 0 Å². The third-order valence-corrected chi connectivity index (χ3v) is 9.46. The van der Waals surface area contributed by atoms with Crippen LogP contribution in [0.1, 0.15) is 74.7 Å². The van der Waals surface area contributed by atoms with Gasteiger partial charge in [-0.2, -0.15) is 0 Å². The van der Waals surface area contributed by atoms with Gasteiger partial charge in [0.15, 0.2) is 8.32 Å².